The van der Waals surface area contributed by atoms with Crippen molar-refractivity contribution in [3.05, 3.63) is 24.3 Å². The lowest BCUT2D eigenvalue weighted by molar-refractivity contribution is -0.131. The van der Waals surface area contributed by atoms with Gasteiger partial charge in [0.25, 0.3) is 5.91 Å². The van der Waals surface area contributed by atoms with E-state index in [1.165, 1.54) is 29.7 Å². The van der Waals surface area contributed by atoms with Crippen LogP contribution in [0, 0.1) is 11.8 Å². The number of hydrogen-bond donors (Lipinski definition) is 4. The predicted octanol–water partition coefficient (Wildman–Crippen LogP) is -0.767. The fourth-order valence-electron chi connectivity index (χ4n) is 1.41. The number of rotatable bonds is 7. The Morgan fingerprint density at radius 3 is 2.50 bits per heavy atom. The lowest BCUT2D eigenvalue weighted by atomic mass is 10.3. The number of hydroxylamine groups is 1. The van der Waals surface area contributed by atoms with Crippen LogP contribution in [0.1, 0.15) is 6.92 Å². The Morgan fingerprint density at radius 2 is 2.00 bits per heavy atom. The fourth-order valence-corrected chi connectivity index (χ4v) is 2.60. The standard InChI is InChI=1S/C13H16N2O6S/c1-2-3-8-21-10-4-6-11(7-5-10)22(19,20)15-12(9-16)13(17)14-18/h4-7,12,15-16,18H,8-9H2,1H3,(H,14,17)/t12-/m1/s1. The first-order valence-corrected chi connectivity index (χ1v) is 7.62. The fraction of sp³-hybridized carbons (Fsp3) is 0.308. The van der Waals surface area contributed by atoms with E-state index in [9.17, 15) is 13.2 Å². The van der Waals surface area contributed by atoms with Crippen LogP contribution in [-0.4, -0.2) is 43.9 Å². The number of amides is 1. The summed E-state index contributed by atoms with van der Waals surface area (Å²) in [4.78, 5) is 11.1. The van der Waals surface area contributed by atoms with Crippen LogP contribution >= 0.6 is 0 Å². The molecule has 0 fully saturated rings. The maximum Gasteiger partial charge on any atom is 0.263 e. The lowest BCUT2D eigenvalue weighted by Crippen LogP contribution is -2.47. The van der Waals surface area contributed by atoms with Gasteiger partial charge >= 0.3 is 0 Å². The largest absolute Gasteiger partial charge is 0.481 e. The second-order valence-corrected chi connectivity index (χ2v) is 5.73. The van der Waals surface area contributed by atoms with Crippen molar-refractivity contribution in [3.63, 3.8) is 0 Å². The van der Waals surface area contributed by atoms with Crippen molar-refractivity contribution in [2.75, 3.05) is 13.2 Å². The molecule has 0 aromatic heterocycles. The molecule has 1 atom stereocenters. The van der Waals surface area contributed by atoms with Gasteiger partial charge in [-0.25, -0.2) is 13.9 Å². The molecule has 0 heterocycles. The number of benzene rings is 1. The number of sulfonamides is 1. The minimum atomic E-state index is -4.03. The molecule has 9 heteroatoms. The van der Waals surface area contributed by atoms with Gasteiger partial charge in [0, 0.05) is 0 Å². The second kappa shape index (κ2) is 8.35. The van der Waals surface area contributed by atoms with Crippen molar-refractivity contribution < 1.29 is 28.3 Å². The molecule has 1 aromatic carbocycles. The molecule has 0 unspecified atom stereocenters. The Hall–Kier alpha value is -2.12. The Kier molecular flexibility index (Phi) is 6.81. The van der Waals surface area contributed by atoms with E-state index in [4.69, 9.17) is 15.1 Å². The lowest BCUT2D eigenvalue weighted by Gasteiger charge is -2.14. The zero-order valence-corrected chi connectivity index (χ0v) is 12.6. The number of carbonyl (C=O) groups excluding carboxylic acids is 1. The highest BCUT2D eigenvalue weighted by Gasteiger charge is 2.24. The third-order valence-corrected chi connectivity index (χ3v) is 4.02. The third kappa shape index (κ3) is 5.01. The zero-order valence-electron chi connectivity index (χ0n) is 11.7. The zero-order chi connectivity index (χ0) is 16.6. The molecule has 120 valence electrons. The SMILES string of the molecule is CC#CCOc1ccc(S(=O)(=O)N[C@H](CO)C(=O)NO)cc1. The van der Waals surface area contributed by atoms with Crippen molar-refractivity contribution in [2.24, 2.45) is 0 Å². The molecule has 0 saturated heterocycles. The monoisotopic (exact) mass is 328 g/mol. The highest BCUT2D eigenvalue weighted by molar-refractivity contribution is 7.89. The number of hydrogen-bond acceptors (Lipinski definition) is 6. The van der Waals surface area contributed by atoms with E-state index in [1.807, 2.05) is 4.72 Å². The van der Waals surface area contributed by atoms with E-state index < -0.39 is 28.6 Å². The second-order valence-electron chi connectivity index (χ2n) is 4.02. The third-order valence-electron chi connectivity index (χ3n) is 2.53. The van der Waals surface area contributed by atoms with E-state index >= 15 is 0 Å². The number of nitrogens with one attached hydrogen (secondary N) is 2. The number of ether oxygens (including phenoxy) is 1. The van der Waals surface area contributed by atoms with Crippen LogP contribution in [0.25, 0.3) is 0 Å². The van der Waals surface area contributed by atoms with Crippen LogP contribution in [0.5, 0.6) is 5.75 Å². The van der Waals surface area contributed by atoms with Gasteiger partial charge in [0.05, 0.1) is 11.5 Å². The normalized spacial score (nSPS) is 12.0. The van der Waals surface area contributed by atoms with Crippen LogP contribution in [-0.2, 0) is 14.8 Å². The van der Waals surface area contributed by atoms with Gasteiger partial charge in [0.1, 0.15) is 18.4 Å². The summed E-state index contributed by atoms with van der Waals surface area (Å²) >= 11 is 0. The van der Waals surface area contributed by atoms with Crippen LogP contribution in [0.15, 0.2) is 29.2 Å². The summed E-state index contributed by atoms with van der Waals surface area (Å²) in [5.41, 5.74) is 1.27. The van der Waals surface area contributed by atoms with Crippen LogP contribution in [0.2, 0.25) is 0 Å². The molecule has 0 spiro atoms. The quantitative estimate of drug-likeness (QED) is 0.296. The average Bonchev–Trinajstić information content (AvgIpc) is 2.52. The molecule has 0 aliphatic heterocycles. The van der Waals surface area contributed by atoms with Crippen LogP contribution in [0.3, 0.4) is 0 Å². The first-order chi connectivity index (χ1) is 10.4. The molecule has 1 aromatic rings. The van der Waals surface area contributed by atoms with E-state index in [0.29, 0.717) is 5.75 Å². The summed E-state index contributed by atoms with van der Waals surface area (Å²) in [5.74, 6) is 4.72. The summed E-state index contributed by atoms with van der Waals surface area (Å²) in [6.45, 7) is 1.05. The molecule has 0 aliphatic rings. The molecule has 22 heavy (non-hydrogen) atoms. The Bertz CT molecular complexity index is 660. The smallest absolute Gasteiger partial charge is 0.263 e. The number of carbonyl (C=O) groups is 1. The molecule has 0 saturated carbocycles. The van der Waals surface area contributed by atoms with Crippen LogP contribution in [0.4, 0.5) is 0 Å². The molecular weight excluding hydrogens is 312 g/mol. The Labute approximate surface area is 128 Å². The van der Waals surface area contributed by atoms with E-state index in [0.717, 1.165) is 0 Å². The van der Waals surface area contributed by atoms with Gasteiger partial charge in [0.2, 0.25) is 10.0 Å². The summed E-state index contributed by atoms with van der Waals surface area (Å²) in [7, 11) is -4.03. The molecule has 0 radical (unpaired) electrons. The van der Waals surface area contributed by atoms with Crippen LogP contribution < -0.4 is 14.9 Å². The molecule has 1 rings (SSSR count). The average molecular weight is 328 g/mol. The molecule has 4 N–H and O–H groups in total. The van der Waals surface area contributed by atoms with Gasteiger partial charge in [-0.05, 0) is 31.2 Å². The van der Waals surface area contributed by atoms with Gasteiger partial charge in [-0.1, -0.05) is 5.92 Å². The van der Waals surface area contributed by atoms with Crippen molar-refractivity contribution in [3.8, 4) is 17.6 Å². The Morgan fingerprint density at radius 1 is 1.36 bits per heavy atom. The minimum absolute atomic E-state index is 0.120. The summed E-state index contributed by atoms with van der Waals surface area (Å²) in [6, 6.07) is 3.94. The number of aliphatic hydroxyl groups is 1. The molecule has 0 aliphatic carbocycles. The van der Waals surface area contributed by atoms with E-state index in [-0.39, 0.29) is 11.5 Å². The molecular formula is C13H16N2O6S. The van der Waals surface area contributed by atoms with E-state index in [1.54, 1.807) is 6.92 Å². The van der Waals surface area contributed by atoms with E-state index in [2.05, 4.69) is 11.8 Å². The minimum Gasteiger partial charge on any atom is -0.481 e. The van der Waals surface area contributed by atoms with Gasteiger partial charge in [0.15, 0.2) is 0 Å². The van der Waals surface area contributed by atoms with Gasteiger partial charge in [-0.2, -0.15) is 4.72 Å². The van der Waals surface area contributed by atoms with Gasteiger partial charge < -0.3 is 9.84 Å². The topological polar surface area (TPSA) is 125 Å². The summed E-state index contributed by atoms with van der Waals surface area (Å²) in [5, 5.41) is 17.4. The maximum atomic E-state index is 12.0. The summed E-state index contributed by atoms with van der Waals surface area (Å²) in [6.07, 6.45) is 0. The first kappa shape index (κ1) is 17.9. The van der Waals surface area contributed by atoms with Gasteiger partial charge in [-0.3, -0.25) is 10.0 Å². The highest BCUT2D eigenvalue weighted by atomic mass is 32.2. The number of aliphatic hydroxyl groups excluding tert-OH is 1. The predicted molar refractivity (Wildman–Crippen MR) is 76.5 cm³/mol. The molecule has 1 amide bonds. The molecule has 8 nitrogen and oxygen atoms in total. The van der Waals surface area contributed by atoms with Crippen molar-refractivity contribution in [2.45, 2.75) is 17.9 Å². The summed E-state index contributed by atoms with van der Waals surface area (Å²) < 4.78 is 31.3. The highest BCUT2D eigenvalue weighted by Crippen LogP contribution is 2.16. The van der Waals surface area contributed by atoms with Crippen molar-refractivity contribution in [1.29, 1.82) is 0 Å². The first-order valence-electron chi connectivity index (χ1n) is 6.14. The van der Waals surface area contributed by atoms with Gasteiger partial charge in [-0.15, -0.1) is 5.92 Å². The van der Waals surface area contributed by atoms with Crippen molar-refractivity contribution >= 4 is 15.9 Å². The molecule has 0 bridgehead atoms. The maximum absolute atomic E-state index is 12.0. The van der Waals surface area contributed by atoms with Crippen molar-refractivity contribution in [1.82, 2.24) is 10.2 Å². The Balaban J connectivity index is 2.84.